The summed E-state index contributed by atoms with van der Waals surface area (Å²) in [7, 11) is -2.41. The van der Waals surface area contributed by atoms with Crippen molar-refractivity contribution in [2.24, 2.45) is 5.92 Å². The van der Waals surface area contributed by atoms with E-state index >= 15 is 0 Å². The third kappa shape index (κ3) is 3.82. The summed E-state index contributed by atoms with van der Waals surface area (Å²) in [6.07, 6.45) is 0. The SMILES string of the molecule is CC(C)C(C)(C)[Si](C)(C)C(=O)C(=O)OCc1ccccc1. The zero-order valence-corrected chi connectivity index (χ0v) is 14.9. The average Bonchev–Trinajstić information content (AvgIpc) is 2.44. The number of hydrogen-bond acceptors (Lipinski definition) is 3. The van der Waals surface area contributed by atoms with Crippen LogP contribution in [0.25, 0.3) is 0 Å². The van der Waals surface area contributed by atoms with Crippen molar-refractivity contribution in [2.75, 3.05) is 0 Å². The number of benzene rings is 1. The minimum Gasteiger partial charge on any atom is -0.455 e. The molecule has 0 saturated heterocycles. The van der Waals surface area contributed by atoms with Gasteiger partial charge in [0.05, 0.1) is 0 Å². The highest BCUT2D eigenvalue weighted by molar-refractivity contribution is 7.13. The van der Waals surface area contributed by atoms with Gasteiger partial charge in [-0.15, -0.1) is 0 Å². The fraction of sp³-hybridized carbons (Fsp3) is 0.529. The van der Waals surface area contributed by atoms with Gasteiger partial charge in [-0.25, -0.2) is 4.79 Å². The molecule has 0 fully saturated rings. The lowest BCUT2D eigenvalue weighted by Gasteiger charge is -2.41. The summed E-state index contributed by atoms with van der Waals surface area (Å²) < 4.78 is 5.20. The Balaban J connectivity index is 2.76. The number of ether oxygens (including phenoxy) is 1. The maximum absolute atomic E-state index is 12.5. The fourth-order valence-corrected chi connectivity index (χ4v) is 4.67. The van der Waals surface area contributed by atoms with Gasteiger partial charge in [-0.1, -0.05) is 71.1 Å². The van der Waals surface area contributed by atoms with Crippen LogP contribution < -0.4 is 0 Å². The van der Waals surface area contributed by atoms with Crippen LogP contribution in [0.4, 0.5) is 0 Å². The van der Waals surface area contributed by atoms with Crippen LogP contribution >= 0.6 is 0 Å². The summed E-state index contributed by atoms with van der Waals surface area (Å²) in [4.78, 5) is 24.6. The molecule has 1 aromatic carbocycles. The molecule has 0 aromatic heterocycles. The molecular weight excluding hydrogens is 280 g/mol. The first-order valence-electron chi connectivity index (χ1n) is 7.36. The van der Waals surface area contributed by atoms with Gasteiger partial charge in [0.25, 0.3) is 0 Å². The molecule has 0 saturated carbocycles. The van der Waals surface area contributed by atoms with E-state index in [1.165, 1.54) is 0 Å². The minimum atomic E-state index is -2.41. The maximum atomic E-state index is 12.5. The molecular formula is C17H26O3Si. The first-order chi connectivity index (χ1) is 9.60. The quantitative estimate of drug-likeness (QED) is 0.453. The zero-order valence-electron chi connectivity index (χ0n) is 13.9. The van der Waals surface area contributed by atoms with Crippen LogP contribution in [0.5, 0.6) is 0 Å². The van der Waals surface area contributed by atoms with E-state index < -0.39 is 14.0 Å². The van der Waals surface area contributed by atoms with Crippen molar-refractivity contribution in [3.05, 3.63) is 35.9 Å². The van der Waals surface area contributed by atoms with E-state index in [0.29, 0.717) is 5.92 Å². The van der Waals surface area contributed by atoms with Gasteiger partial charge in [-0.2, -0.15) is 0 Å². The van der Waals surface area contributed by atoms with Gasteiger partial charge in [-0.3, -0.25) is 4.79 Å². The molecule has 0 aliphatic carbocycles. The predicted molar refractivity (Wildman–Crippen MR) is 87.6 cm³/mol. The molecule has 1 rings (SSSR count). The summed E-state index contributed by atoms with van der Waals surface area (Å²) in [5.74, 6) is -0.353. The molecule has 0 heterocycles. The van der Waals surface area contributed by atoms with Crippen LogP contribution in [0.3, 0.4) is 0 Å². The highest BCUT2D eigenvalue weighted by atomic mass is 28.3. The Morgan fingerprint density at radius 3 is 2.14 bits per heavy atom. The molecule has 0 radical (unpaired) electrons. The van der Waals surface area contributed by atoms with Crippen molar-refractivity contribution in [1.82, 2.24) is 0 Å². The largest absolute Gasteiger partial charge is 0.455 e. The van der Waals surface area contributed by atoms with Crippen molar-refractivity contribution in [3.8, 4) is 0 Å². The molecule has 0 unspecified atom stereocenters. The Morgan fingerprint density at radius 2 is 1.67 bits per heavy atom. The van der Waals surface area contributed by atoms with E-state index in [1.54, 1.807) is 0 Å². The van der Waals surface area contributed by atoms with E-state index in [0.717, 1.165) is 5.56 Å². The molecule has 0 amide bonds. The molecule has 21 heavy (non-hydrogen) atoms. The van der Waals surface area contributed by atoms with Crippen molar-refractivity contribution in [2.45, 2.75) is 52.4 Å². The third-order valence-corrected chi connectivity index (χ3v) is 10.2. The van der Waals surface area contributed by atoms with Crippen LogP contribution in [0.1, 0.15) is 33.3 Å². The number of rotatable bonds is 6. The van der Waals surface area contributed by atoms with Crippen molar-refractivity contribution in [3.63, 3.8) is 0 Å². The lowest BCUT2D eigenvalue weighted by molar-refractivity contribution is -0.152. The van der Waals surface area contributed by atoms with Crippen molar-refractivity contribution in [1.29, 1.82) is 0 Å². The van der Waals surface area contributed by atoms with Gasteiger partial charge in [0, 0.05) is 0 Å². The Labute approximate surface area is 128 Å². The van der Waals surface area contributed by atoms with E-state index in [4.69, 9.17) is 4.74 Å². The smallest absolute Gasteiger partial charge is 0.369 e. The van der Waals surface area contributed by atoms with Crippen LogP contribution in [-0.2, 0) is 20.9 Å². The highest BCUT2D eigenvalue weighted by Crippen LogP contribution is 2.44. The molecule has 0 aliphatic heterocycles. The topological polar surface area (TPSA) is 43.4 Å². The molecule has 0 atom stereocenters. The van der Waals surface area contributed by atoms with Gasteiger partial charge in [0.1, 0.15) is 14.7 Å². The molecule has 4 heteroatoms. The summed E-state index contributed by atoms with van der Waals surface area (Å²) in [5, 5.41) is -0.479. The lowest BCUT2D eigenvalue weighted by Crippen LogP contribution is -2.53. The second-order valence-corrected chi connectivity index (χ2v) is 11.9. The molecule has 1 aromatic rings. The maximum Gasteiger partial charge on any atom is 0.369 e. The van der Waals surface area contributed by atoms with Gasteiger partial charge in [0.15, 0.2) is 0 Å². The molecule has 0 N–H and O–H groups in total. The molecule has 116 valence electrons. The van der Waals surface area contributed by atoms with Gasteiger partial charge in [0.2, 0.25) is 5.41 Å². The number of esters is 1. The number of carbonyl (C=O) groups is 2. The average molecular weight is 306 g/mol. The molecule has 0 bridgehead atoms. The zero-order chi connectivity index (χ0) is 16.3. The lowest BCUT2D eigenvalue weighted by atomic mass is 9.99. The monoisotopic (exact) mass is 306 g/mol. The number of hydrogen-bond donors (Lipinski definition) is 0. The Morgan fingerprint density at radius 1 is 1.14 bits per heavy atom. The van der Waals surface area contributed by atoms with E-state index in [1.807, 2.05) is 43.4 Å². The van der Waals surface area contributed by atoms with Crippen LogP contribution in [-0.4, -0.2) is 19.4 Å². The second kappa shape index (κ2) is 6.56. The Hall–Kier alpha value is -1.42. The second-order valence-electron chi connectivity index (χ2n) is 6.89. The predicted octanol–water partition coefficient (Wildman–Crippen LogP) is 3.98. The van der Waals surface area contributed by atoms with Crippen LogP contribution in [0.15, 0.2) is 30.3 Å². The highest BCUT2D eigenvalue weighted by Gasteiger charge is 2.50. The summed E-state index contributed by atoms with van der Waals surface area (Å²) >= 11 is 0. The molecule has 3 nitrogen and oxygen atoms in total. The Bertz CT molecular complexity index is 504. The van der Waals surface area contributed by atoms with E-state index in [2.05, 4.69) is 27.7 Å². The van der Waals surface area contributed by atoms with Crippen LogP contribution in [0, 0.1) is 5.92 Å². The number of carbonyl (C=O) groups excluding carboxylic acids is 2. The third-order valence-electron chi connectivity index (χ3n) is 5.02. The fourth-order valence-electron chi connectivity index (χ4n) is 2.06. The molecule has 0 spiro atoms. The standard InChI is InChI=1S/C17H26O3Si/c1-13(2)17(3,4)21(5,6)16(19)15(18)20-12-14-10-8-7-9-11-14/h7-11,13H,12H2,1-6H3. The first-order valence-corrected chi connectivity index (χ1v) is 10.4. The molecule has 0 aliphatic rings. The van der Waals surface area contributed by atoms with Crippen LogP contribution in [0.2, 0.25) is 18.1 Å². The summed E-state index contributed by atoms with van der Waals surface area (Å²) in [5.41, 5.74) is 0.890. The first kappa shape index (κ1) is 17.6. The van der Waals surface area contributed by atoms with Crippen molar-refractivity contribution < 1.29 is 14.3 Å². The van der Waals surface area contributed by atoms with Gasteiger partial charge >= 0.3 is 5.97 Å². The normalized spacial score (nSPS) is 12.3. The van der Waals surface area contributed by atoms with Gasteiger partial charge in [-0.05, 0) is 16.5 Å². The minimum absolute atomic E-state index is 0.151. The Kier molecular flexibility index (Phi) is 5.51. The van der Waals surface area contributed by atoms with E-state index in [-0.39, 0.29) is 17.1 Å². The summed E-state index contributed by atoms with van der Waals surface area (Å²) in [6, 6.07) is 9.41. The van der Waals surface area contributed by atoms with Gasteiger partial charge < -0.3 is 4.74 Å². The van der Waals surface area contributed by atoms with E-state index in [9.17, 15) is 9.59 Å². The van der Waals surface area contributed by atoms with Crippen molar-refractivity contribution >= 4 is 19.4 Å². The summed E-state index contributed by atoms with van der Waals surface area (Å²) in [6.45, 7) is 12.4.